The van der Waals surface area contributed by atoms with Gasteiger partial charge >= 0.3 is 12.5 Å². The van der Waals surface area contributed by atoms with E-state index in [0.29, 0.717) is 0 Å². The van der Waals surface area contributed by atoms with Gasteiger partial charge in [-0.05, 0) is 18.4 Å². The summed E-state index contributed by atoms with van der Waals surface area (Å²) in [6.45, 7) is 0. The van der Waals surface area contributed by atoms with Crippen LogP contribution in [0.5, 0.6) is 5.75 Å². The van der Waals surface area contributed by atoms with Crippen LogP contribution >= 0.6 is 11.8 Å². The van der Waals surface area contributed by atoms with Crippen LogP contribution in [0.2, 0.25) is 0 Å². The molecule has 5 nitrogen and oxygen atoms in total. The summed E-state index contributed by atoms with van der Waals surface area (Å²) in [7, 11) is 0. The normalized spacial score (nSPS) is 11.4. The van der Waals surface area contributed by atoms with Gasteiger partial charge in [0.25, 0.3) is 5.56 Å². The van der Waals surface area contributed by atoms with Crippen LogP contribution in [-0.2, 0) is 0 Å². The zero-order chi connectivity index (χ0) is 17.9. The smallest absolute Gasteiger partial charge is 0.428 e. The average molecular weight is 359 g/mol. The van der Waals surface area contributed by atoms with Gasteiger partial charge in [-0.25, -0.2) is 4.98 Å². The van der Waals surface area contributed by atoms with E-state index < -0.39 is 29.4 Å². The molecule has 0 bridgehead atoms. The van der Waals surface area contributed by atoms with Gasteiger partial charge < -0.3 is 9.72 Å². The summed E-state index contributed by atoms with van der Waals surface area (Å²) in [6, 6.07) is 6.58. The summed E-state index contributed by atoms with van der Waals surface area (Å²) in [6.07, 6.45) is -7.18. The number of nitrogens with one attached hydrogen (secondary N) is 1. The molecule has 1 heterocycles. The lowest BCUT2D eigenvalue weighted by Gasteiger charge is -2.19. The number of nitrogens with zero attached hydrogens (tertiary/aromatic N) is 2. The highest BCUT2D eigenvalue weighted by Gasteiger charge is 2.44. The van der Waals surface area contributed by atoms with Crippen molar-refractivity contribution in [1.82, 2.24) is 9.97 Å². The third kappa shape index (κ3) is 3.51. The zero-order valence-electron chi connectivity index (χ0n) is 12.0. The Morgan fingerprint density at radius 1 is 1.38 bits per heavy atom. The van der Waals surface area contributed by atoms with Crippen LogP contribution in [0.4, 0.5) is 17.6 Å². The standard InChI is InChI=1S/C14H9F4N3O2S/c1-24-13-20-10(8(6-19)11(22)21-13)7-4-2-3-5-9(7)23-14(17,18)12(15)16/h2-5,12H,1H3,(H,20,21,22). The molecule has 0 saturated heterocycles. The van der Waals surface area contributed by atoms with Crippen LogP contribution in [0, 0.1) is 11.3 Å². The Labute approximate surface area is 137 Å². The van der Waals surface area contributed by atoms with Crippen LogP contribution in [0.15, 0.2) is 34.2 Å². The van der Waals surface area contributed by atoms with Crippen molar-refractivity contribution < 1.29 is 22.3 Å². The monoisotopic (exact) mass is 359 g/mol. The maximum atomic E-state index is 13.2. The van der Waals surface area contributed by atoms with Gasteiger partial charge in [-0.15, -0.1) is 0 Å². The number of hydrogen-bond acceptors (Lipinski definition) is 5. The molecule has 0 aliphatic heterocycles. The van der Waals surface area contributed by atoms with E-state index in [-0.39, 0.29) is 16.4 Å². The Morgan fingerprint density at radius 2 is 2.04 bits per heavy atom. The van der Waals surface area contributed by atoms with E-state index in [1.807, 2.05) is 0 Å². The molecule has 0 aliphatic rings. The number of H-pyrrole nitrogens is 1. The van der Waals surface area contributed by atoms with Crippen molar-refractivity contribution in [3.8, 4) is 23.1 Å². The highest BCUT2D eigenvalue weighted by atomic mass is 32.2. The molecule has 2 aromatic rings. The number of para-hydroxylation sites is 1. The first kappa shape index (κ1) is 17.8. The molecule has 0 aliphatic carbocycles. The summed E-state index contributed by atoms with van der Waals surface area (Å²) < 4.78 is 55.2. The number of hydrogen-bond donors (Lipinski definition) is 1. The molecule has 1 N–H and O–H groups in total. The number of aromatic nitrogens is 2. The van der Waals surface area contributed by atoms with Crippen molar-refractivity contribution in [1.29, 1.82) is 5.26 Å². The van der Waals surface area contributed by atoms with Crippen molar-refractivity contribution in [3.63, 3.8) is 0 Å². The number of halogens is 4. The molecule has 0 amide bonds. The van der Waals surface area contributed by atoms with Crippen LogP contribution in [0.1, 0.15) is 5.56 Å². The maximum Gasteiger partial charge on any atom is 0.461 e. The van der Waals surface area contributed by atoms with Crippen molar-refractivity contribution in [2.45, 2.75) is 17.7 Å². The molecule has 0 radical (unpaired) electrons. The Balaban J connectivity index is 2.65. The number of rotatable bonds is 5. The molecule has 0 saturated carbocycles. The number of alkyl halides is 4. The Kier molecular flexibility index (Phi) is 5.14. The highest BCUT2D eigenvalue weighted by molar-refractivity contribution is 7.98. The molecular formula is C14H9F4N3O2S. The van der Waals surface area contributed by atoms with Gasteiger partial charge in [0.15, 0.2) is 5.16 Å². The molecule has 126 valence electrons. The number of thioether (sulfide) groups is 1. The lowest BCUT2D eigenvalue weighted by Crippen LogP contribution is -2.33. The minimum absolute atomic E-state index is 0.129. The van der Waals surface area contributed by atoms with E-state index in [9.17, 15) is 22.4 Å². The van der Waals surface area contributed by atoms with Crippen molar-refractivity contribution in [2.75, 3.05) is 6.26 Å². The van der Waals surface area contributed by atoms with Gasteiger partial charge in [0, 0.05) is 5.56 Å². The second-order valence-corrected chi connectivity index (χ2v) is 5.17. The number of aromatic amines is 1. The molecule has 1 aromatic heterocycles. The number of benzene rings is 1. The average Bonchev–Trinajstić information content (AvgIpc) is 2.54. The lowest BCUT2D eigenvalue weighted by molar-refractivity contribution is -0.253. The fraction of sp³-hybridized carbons (Fsp3) is 0.214. The van der Waals surface area contributed by atoms with Crippen molar-refractivity contribution >= 4 is 11.8 Å². The molecule has 0 spiro atoms. The van der Waals surface area contributed by atoms with Crippen molar-refractivity contribution in [3.05, 3.63) is 40.2 Å². The van der Waals surface area contributed by atoms with E-state index in [2.05, 4.69) is 14.7 Å². The molecule has 0 unspecified atom stereocenters. The predicted molar refractivity (Wildman–Crippen MR) is 78.4 cm³/mol. The molecule has 24 heavy (non-hydrogen) atoms. The third-order valence-corrected chi connectivity index (χ3v) is 3.43. The van der Waals surface area contributed by atoms with Gasteiger partial charge in [-0.3, -0.25) is 4.79 Å². The second kappa shape index (κ2) is 6.92. The van der Waals surface area contributed by atoms with E-state index in [4.69, 9.17) is 5.26 Å². The second-order valence-electron chi connectivity index (χ2n) is 4.37. The summed E-state index contributed by atoms with van der Waals surface area (Å²) in [5, 5.41) is 9.24. The fourth-order valence-electron chi connectivity index (χ4n) is 1.79. The summed E-state index contributed by atoms with van der Waals surface area (Å²) in [5.41, 5.74) is -1.62. The highest BCUT2D eigenvalue weighted by Crippen LogP contribution is 2.35. The first-order chi connectivity index (χ1) is 11.3. The number of ether oxygens (including phenoxy) is 1. The summed E-state index contributed by atoms with van der Waals surface area (Å²) in [4.78, 5) is 18.2. The van der Waals surface area contributed by atoms with Gasteiger partial charge in [0.1, 0.15) is 23.1 Å². The maximum absolute atomic E-state index is 13.2. The van der Waals surface area contributed by atoms with Gasteiger partial charge in [-0.1, -0.05) is 23.9 Å². The quantitative estimate of drug-likeness (QED) is 0.504. The van der Waals surface area contributed by atoms with E-state index in [1.165, 1.54) is 18.2 Å². The number of nitriles is 1. The Hall–Kier alpha value is -2.54. The van der Waals surface area contributed by atoms with Gasteiger partial charge in [0.2, 0.25) is 0 Å². The summed E-state index contributed by atoms with van der Waals surface area (Å²) in [5.74, 6) is -0.621. The summed E-state index contributed by atoms with van der Waals surface area (Å²) >= 11 is 1.05. The molecular weight excluding hydrogens is 350 g/mol. The SMILES string of the molecule is CSc1nc(-c2ccccc2OC(F)(F)C(F)F)c(C#N)c(=O)[nH]1. The fourth-order valence-corrected chi connectivity index (χ4v) is 2.17. The molecule has 2 rings (SSSR count). The predicted octanol–water partition coefficient (Wildman–Crippen LogP) is 3.27. The van der Waals surface area contributed by atoms with Gasteiger partial charge in [0.05, 0.1) is 0 Å². The molecule has 10 heteroatoms. The van der Waals surface area contributed by atoms with Gasteiger partial charge in [-0.2, -0.15) is 22.8 Å². The van der Waals surface area contributed by atoms with E-state index in [1.54, 1.807) is 12.3 Å². The van der Waals surface area contributed by atoms with E-state index in [0.717, 1.165) is 17.8 Å². The largest absolute Gasteiger partial charge is 0.461 e. The molecule has 0 atom stereocenters. The van der Waals surface area contributed by atoms with Crippen LogP contribution in [0.25, 0.3) is 11.3 Å². The first-order valence-corrected chi connectivity index (χ1v) is 7.55. The van der Waals surface area contributed by atoms with E-state index >= 15 is 0 Å². The minimum Gasteiger partial charge on any atom is -0.428 e. The first-order valence-electron chi connectivity index (χ1n) is 6.33. The topological polar surface area (TPSA) is 78.8 Å². The molecule has 0 fully saturated rings. The van der Waals surface area contributed by atoms with Crippen LogP contribution in [0.3, 0.4) is 0 Å². The lowest BCUT2D eigenvalue weighted by atomic mass is 10.1. The van der Waals surface area contributed by atoms with Crippen molar-refractivity contribution in [2.24, 2.45) is 0 Å². The Bertz CT molecular complexity index is 849. The minimum atomic E-state index is -4.73. The molecule has 1 aromatic carbocycles. The van der Waals surface area contributed by atoms with Crippen LogP contribution < -0.4 is 10.3 Å². The zero-order valence-corrected chi connectivity index (χ0v) is 12.8. The van der Waals surface area contributed by atoms with Crippen LogP contribution in [-0.4, -0.2) is 28.8 Å². The Morgan fingerprint density at radius 3 is 2.62 bits per heavy atom. The third-order valence-electron chi connectivity index (χ3n) is 2.85.